The Hall–Kier alpha value is -3.12. The maximum atomic E-state index is 4.44. The molecule has 118 valence electrons. The zero-order chi connectivity index (χ0) is 17.0. The van der Waals surface area contributed by atoms with Gasteiger partial charge in [-0.05, 0) is 44.5 Å². The topological polar surface area (TPSA) is 0 Å². The molecule has 0 fully saturated rings. The second kappa shape index (κ2) is 4.94. The minimum atomic E-state index is -0.283. The van der Waals surface area contributed by atoms with Crippen LogP contribution in [-0.2, 0) is 5.41 Å². The minimum absolute atomic E-state index is 0.283. The molecule has 0 heteroatoms. The summed E-state index contributed by atoms with van der Waals surface area (Å²) in [5.41, 5.74) is 9.94. The van der Waals surface area contributed by atoms with Crippen LogP contribution in [0.1, 0.15) is 22.3 Å². The number of hydrogen-bond acceptors (Lipinski definition) is 0. The van der Waals surface area contributed by atoms with Gasteiger partial charge in [-0.1, -0.05) is 98.1 Å². The Morgan fingerprint density at radius 2 is 1.08 bits per heavy atom. The van der Waals surface area contributed by atoms with Gasteiger partial charge in [0.2, 0.25) is 0 Å². The van der Waals surface area contributed by atoms with E-state index in [4.69, 9.17) is 0 Å². The molecule has 0 aliphatic heterocycles. The molecule has 0 unspecified atom stereocenters. The summed E-state index contributed by atoms with van der Waals surface area (Å²) >= 11 is 0. The van der Waals surface area contributed by atoms with Gasteiger partial charge in [0, 0.05) is 0 Å². The van der Waals surface area contributed by atoms with Gasteiger partial charge in [-0.25, -0.2) is 0 Å². The van der Waals surface area contributed by atoms with E-state index in [0.29, 0.717) is 0 Å². The number of rotatable bonds is 1. The molecule has 0 N–H and O–H groups in total. The fourth-order valence-corrected chi connectivity index (χ4v) is 4.75. The third-order valence-corrected chi connectivity index (χ3v) is 5.62. The normalized spacial score (nSPS) is 17.4. The van der Waals surface area contributed by atoms with E-state index < -0.39 is 0 Å². The van der Waals surface area contributed by atoms with E-state index in [0.717, 1.165) is 5.57 Å². The van der Waals surface area contributed by atoms with Crippen LogP contribution in [0.2, 0.25) is 0 Å². The Balaban J connectivity index is 2.03. The van der Waals surface area contributed by atoms with E-state index in [-0.39, 0.29) is 5.41 Å². The molecule has 0 bridgehead atoms. The Morgan fingerprint density at radius 1 is 0.640 bits per heavy atom. The van der Waals surface area contributed by atoms with Gasteiger partial charge in [-0.15, -0.1) is 0 Å². The molecule has 2 aliphatic carbocycles. The van der Waals surface area contributed by atoms with Gasteiger partial charge in [0.05, 0.1) is 5.41 Å². The average molecular weight is 318 g/mol. The van der Waals surface area contributed by atoms with Crippen molar-refractivity contribution in [2.75, 3.05) is 0 Å². The molecule has 0 atom stereocenters. The molecule has 0 saturated carbocycles. The van der Waals surface area contributed by atoms with Crippen LogP contribution >= 0.6 is 0 Å². The van der Waals surface area contributed by atoms with E-state index in [9.17, 15) is 0 Å². The SMILES string of the molecule is C=C/C=C1\C(=C)c2ccccc2C12c1ccccc1-c1ccccc12. The highest BCUT2D eigenvalue weighted by Gasteiger charge is 2.52. The molecule has 0 amide bonds. The summed E-state index contributed by atoms with van der Waals surface area (Å²) in [4.78, 5) is 0. The highest BCUT2D eigenvalue weighted by Crippen LogP contribution is 2.63. The Kier molecular flexibility index (Phi) is 2.81. The van der Waals surface area contributed by atoms with Gasteiger partial charge in [0.1, 0.15) is 0 Å². The fraction of sp³-hybridized carbons (Fsp3) is 0.0400. The lowest BCUT2D eigenvalue weighted by Gasteiger charge is -2.30. The molecule has 0 saturated heterocycles. The second-order valence-electron chi connectivity index (χ2n) is 6.68. The van der Waals surface area contributed by atoms with Crippen LogP contribution in [-0.4, -0.2) is 0 Å². The largest absolute Gasteiger partial charge is 0.0991 e. The van der Waals surface area contributed by atoms with Crippen LogP contribution in [0.25, 0.3) is 16.7 Å². The molecule has 25 heavy (non-hydrogen) atoms. The molecule has 0 aromatic heterocycles. The van der Waals surface area contributed by atoms with Crippen molar-refractivity contribution in [3.63, 3.8) is 0 Å². The standard InChI is InChI=1S/C25H18/c1-3-10-21-17(2)18-11-4-7-14-22(18)25(21)23-15-8-5-12-19(23)20-13-6-9-16-24(20)25/h3-16H,1-2H2/b21-10+. The van der Waals surface area contributed by atoms with Crippen molar-refractivity contribution in [2.45, 2.75) is 5.41 Å². The van der Waals surface area contributed by atoms with Crippen LogP contribution in [0.15, 0.2) is 104 Å². The van der Waals surface area contributed by atoms with E-state index in [2.05, 4.69) is 92.0 Å². The molecular weight excluding hydrogens is 300 g/mol. The van der Waals surface area contributed by atoms with Gasteiger partial charge in [0.15, 0.2) is 0 Å². The number of allylic oxidation sites excluding steroid dienone is 4. The highest BCUT2D eigenvalue weighted by atomic mass is 14.5. The molecule has 2 aliphatic rings. The second-order valence-corrected chi connectivity index (χ2v) is 6.68. The fourth-order valence-electron chi connectivity index (χ4n) is 4.75. The van der Waals surface area contributed by atoms with Crippen molar-refractivity contribution in [3.8, 4) is 11.1 Å². The van der Waals surface area contributed by atoms with Crippen molar-refractivity contribution in [2.24, 2.45) is 0 Å². The van der Waals surface area contributed by atoms with E-state index in [1.165, 1.54) is 39.0 Å². The maximum Gasteiger partial charge on any atom is 0.0725 e. The van der Waals surface area contributed by atoms with Crippen LogP contribution in [0.4, 0.5) is 0 Å². The van der Waals surface area contributed by atoms with Gasteiger partial charge < -0.3 is 0 Å². The summed E-state index contributed by atoms with van der Waals surface area (Å²) in [5.74, 6) is 0. The molecule has 3 aromatic carbocycles. The number of benzene rings is 3. The minimum Gasteiger partial charge on any atom is -0.0991 e. The maximum absolute atomic E-state index is 4.44. The van der Waals surface area contributed by atoms with Crippen molar-refractivity contribution in [1.82, 2.24) is 0 Å². The number of fused-ring (bicyclic) bond motifs is 7. The first kappa shape index (κ1) is 14.2. The predicted molar refractivity (Wildman–Crippen MR) is 106 cm³/mol. The summed E-state index contributed by atoms with van der Waals surface area (Å²) < 4.78 is 0. The highest BCUT2D eigenvalue weighted by molar-refractivity contribution is 5.99. The molecule has 0 radical (unpaired) electrons. The lowest BCUT2D eigenvalue weighted by atomic mass is 9.70. The van der Waals surface area contributed by atoms with Crippen LogP contribution < -0.4 is 0 Å². The first-order valence-electron chi connectivity index (χ1n) is 8.62. The first-order valence-corrected chi connectivity index (χ1v) is 8.62. The summed E-state index contributed by atoms with van der Waals surface area (Å²) in [5, 5.41) is 0. The van der Waals surface area contributed by atoms with E-state index in [1.54, 1.807) is 0 Å². The van der Waals surface area contributed by atoms with Crippen LogP contribution in [0, 0.1) is 0 Å². The van der Waals surface area contributed by atoms with E-state index >= 15 is 0 Å². The van der Waals surface area contributed by atoms with Crippen LogP contribution in [0.3, 0.4) is 0 Å². The molecule has 0 nitrogen and oxygen atoms in total. The Bertz CT molecular complexity index is 1030. The molecule has 0 heterocycles. The number of hydrogen-bond donors (Lipinski definition) is 0. The molecule has 5 rings (SSSR count). The lowest BCUT2D eigenvalue weighted by molar-refractivity contribution is 0.795. The first-order chi connectivity index (χ1) is 12.3. The zero-order valence-corrected chi connectivity index (χ0v) is 14.0. The third kappa shape index (κ3) is 1.57. The average Bonchev–Trinajstić information content (AvgIpc) is 3.10. The van der Waals surface area contributed by atoms with E-state index in [1.807, 2.05) is 6.08 Å². The van der Waals surface area contributed by atoms with Gasteiger partial charge in [-0.2, -0.15) is 0 Å². The summed E-state index contributed by atoms with van der Waals surface area (Å²) in [6.07, 6.45) is 4.03. The summed E-state index contributed by atoms with van der Waals surface area (Å²) in [6.45, 7) is 8.41. The quantitative estimate of drug-likeness (QED) is 0.505. The summed E-state index contributed by atoms with van der Waals surface area (Å²) in [6, 6.07) is 26.2. The molecule has 3 aromatic rings. The van der Waals surface area contributed by atoms with Crippen molar-refractivity contribution in [3.05, 3.63) is 126 Å². The van der Waals surface area contributed by atoms with Crippen molar-refractivity contribution < 1.29 is 0 Å². The zero-order valence-electron chi connectivity index (χ0n) is 14.0. The smallest absolute Gasteiger partial charge is 0.0725 e. The monoisotopic (exact) mass is 318 g/mol. The van der Waals surface area contributed by atoms with Gasteiger partial charge in [-0.3, -0.25) is 0 Å². The molecule has 1 spiro atoms. The Morgan fingerprint density at radius 3 is 1.60 bits per heavy atom. The molecular formula is C25H18. The van der Waals surface area contributed by atoms with Crippen molar-refractivity contribution in [1.29, 1.82) is 0 Å². The van der Waals surface area contributed by atoms with Crippen LogP contribution in [0.5, 0.6) is 0 Å². The lowest BCUT2D eigenvalue weighted by Crippen LogP contribution is -2.25. The predicted octanol–water partition coefficient (Wildman–Crippen LogP) is 6.14. The van der Waals surface area contributed by atoms with Crippen molar-refractivity contribution >= 4 is 5.57 Å². The van der Waals surface area contributed by atoms with Gasteiger partial charge >= 0.3 is 0 Å². The third-order valence-electron chi connectivity index (χ3n) is 5.62. The van der Waals surface area contributed by atoms with Gasteiger partial charge in [0.25, 0.3) is 0 Å². The Labute approximate surface area is 148 Å². The summed E-state index contributed by atoms with van der Waals surface area (Å²) in [7, 11) is 0.